The Kier molecular flexibility index (Phi) is 5.37. The first-order chi connectivity index (χ1) is 8.40. The van der Waals surface area contributed by atoms with Crippen molar-refractivity contribution in [2.24, 2.45) is 0 Å². The van der Waals surface area contributed by atoms with Crippen LogP contribution in [0.5, 0.6) is 0 Å². The first-order valence-corrected chi connectivity index (χ1v) is 6.13. The Morgan fingerprint density at radius 1 is 1.50 bits per heavy atom. The maximum absolute atomic E-state index is 10.9. The molecule has 1 aromatic carbocycles. The van der Waals surface area contributed by atoms with Gasteiger partial charge in [-0.2, -0.15) is 0 Å². The van der Waals surface area contributed by atoms with E-state index in [0.717, 1.165) is 13.0 Å². The summed E-state index contributed by atoms with van der Waals surface area (Å²) < 4.78 is 0. The predicted molar refractivity (Wildman–Crippen MR) is 74.4 cm³/mol. The van der Waals surface area contributed by atoms with Gasteiger partial charge in [-0.15, -0.1) is 0 Å². The zero-order valence-electron chi connectivity index (χ0n) is 10.8. The Hall–Kier alpha value is -1.33. The fourth-order valence-electron chi connectivity index (χ4n) is 1.57. The highest BCUT2D eigenvalue weighted by atomic mass is 35.5. The molecule has 0 saturated carbocycles. The Morgan fingerprint density at radius 2 is 2.17 bits per heavy atom. The largest absolute Gasteiger partial charge is 0.377 e. The van der Waals surface area contributed by atoms with Crippen LogP contribution in [-0.4, -0.2) is 36.5 Å². The number of nitrogens with one attached hydrogen (secondary N) is 1. The number of hydrogen-bond acceptors (Lipinski definition) is 4. The maximum Gasteiger partial charge on any atom is 0.292 e. The van der Waals surface area contributed by atoms with E-state index >= 15 is 0 Å². The molecular formula is C12H18ClN3O2. The van der Waals surface area contributed by atoms with Gasteiger partial charge in [-0.1, -0.05) is 11.6 Å². The Balaban J connectivity index is 2.76. The van der Waals surface area contributed by atoms with Gasteiger partial charge >= 0.3 is 0 Å². The van der Waals surface area contributed by atoms with Crippen molar-refractivity contribution in [1.29, 1.82) is 0 Å². The molecule has 100 valence electrons. The highest BCUT2D eigenvalue weighted by Gasteiger charge is 2.15. The lowest BCUT2D eigenvalue weighted by atomic mass is 10.2. The summed E-state index contributed by atoms with van der Waals surface area (Å²) in [5.41, 5.74) is 0.523. The number of nitro benzene ring substituents is 1. The molecule has 1 N–H and O–H groups in total. The van der Waals surface area contributed by atoms with Crippen LogP contribution in [0.2, 0.25) is 5.02 Å². The van der Waals surface area contributed by atoms with E-state index in [9.17, 15) is 10.1 Å². The van der Waals surface area contributed by atoms with Crippen LogP contribution >= 0.6 is 11.6 Å². The average molecular weight is 272 g/mol. The molecule has 1 unspecified atom stereocenters. The van der Waals surface area contributed by atoms with Gasteiger partial charge in [0.25, 0.3) is 5.69 Å². The van der Waals surface area contributed by atoms with E-state index in [1.165, 1.54) is 12.1 Å². The second kappa shape index (κ2) is 6.56. The first-order valence-electron chi connectivity index (χ1n) is 5.75. The molecule has 1 aromatic rings. The summed E-state index contributed by atoms with van der Waals surface area (Å²) in [7, 11) is 3.99. The molecule has 0 spiro atoms. The number of anilines is 1. The topological polar surface area (TPSA) is 58.4 Å². The smallest absolute Gasteiger partial charge is 0.292 e. The summed E-state index contributed by atoms with van der Waals surface area (Å²) >= 11 is 5.86. The van der Waals surface area contributed by atoms with Gasteiger partial charge in [0.15, 0.2) is 0 Å². The molecule has 0 aliphatic carbocycles. The molecule has 0 fully saturated rings. The average Bonchev–Trinajstić information content (AvgIpc) is 2.26. The van der Waals surface area contributed by atoms with Crippen LogP contribution < -0.4 is 5.32 Å². The molecule has 0 heterocycles. The monoisotopic (exact) mass is 271 g/mol. The molecule has 6 heteroatoms. The second-order valence-corrected chi connectivity index (χ2v) is 4.99. The molecule has 0 aliphatic rings. The number of nitrogens with zero attached hydrogens (tertiary/aromatic N) is 2. The number of rotatable bonds is 6. The summed E-state index contributed by atoms with van der Waals surface area (Å²) in [6, 6.07) is 4.68. The minimum atomic E-state index is -0.405. The van der Waals surface area contributed by atoms with Crippen molar-refractivity contribution in [2.45, 2.75) is 19.4 Å². The number of benzene rings is 1. The third-order valence-electron chi connectivity index (χ3n) is 2.57. The van der Waals surface area contributed by atoms with E-state index < -0.39 is 4.92 Å². The van der Waals surface area contributed by atoms with Crippen LogP contribution in [0.25, 0.3) is 0 Å². The Labute approximate surface area is 112 Å². The van der Waals surface area contributed by atoms with Crippen LogP contribution in [0.15, 0.2) is 18.2 Å². The number of hydrogen-bond donors (Lipinski definition) is 1. The lowest BCUT2D eigenvalue weighted by molar-refractivity contribution is -0.384. The standard InChI is InChI=1S/C12H18ClN3O2/c1-9(6-7-15(2)3)14-11-8-10(13)4-5-12(11)16(17)18/h4-5,8-9,14H,6-7H2,1-3H3. The van der Waals surface area contributed by atoms with Crippen LogP contribution in [-0.2, 0) is 0 Å². The van der Waals surface area contributed by atoms with Gasteiger partial charge in [-0.25, -0.2) is 0 Å². The van der Waals surface area contributed by atoms with Gasteiger partial charge in [-0.05, 0) is 46.1 Å². The first kappa shape index (κ1) is 14.7. The Morgan fingerprint density at radius 3 is 2.72 bits per heavy atom. The number of halogens is 1. The highest BCUT2D eigenvalue weighted by Crippen LogP contribution is 2.28. The van der Waals surface area contributed by atoms with Crippen molar-refractivity contribution in [3.8, 4) is 0 Å². The molecule has 0 aromatic heterocycles. The molecule has 0 aliphatic heterocycles. The van der Waals surface area contributed by atoms with Crippen molar-refractivity contribution in [3.05, 3.63) is 33.3 Å². The molecule has 1 rings (SSSR count). The molecule has 0 bridgehead atoms. The molecule has 1 atom stereocenters. The van der Waals surface area contributed by atoms with E-state index in [0.29, 0.717) is 10.7 Å². The lowest BCUT2D eigenvalue weighted by Crippen LogP contribution is -2.23. The van der Waals surface area contributed by atoms with Crippen LogP contribution in [0.3, 0.4) is 0 Å². The van der Waals surface area contributed by atoms with E-state index in [2.05, 4.69) is 10.2 Å². The minimum Gasteiger partial charge on any atom is -0.377 e. The van der Waals surface area contributed by atoms with E-state index in [4.69, 9.17) is 11.6 Å². The van der Waals surface area contributed by atoms with E-state index in [1.807, 2.05) is 21.0 Å². The highest BCUT2D eigenvalue weighted by molar-refractivity contribution is 6.31. The summed E-state index contributed by atoms with van der Waals surface area (Å²) in [4.78, 5) is 12.6. The summed E-state index contributed by atoms with van der Waals surface area (Å²) in [6.07, 6.45) is 0.899. The van der Waals surface area contributed by atoms with Crippen molar-refractivity contribution in [3.63, 3.8) is 0 Å². The SMILES string of the molecule is CC(CCN(C)C)Nc1cc(Cl)ccc1[N+](=O)[O-]. The van der Waals surface area contributed by atoms with Gasteiger partial charge in [-0.3, -0.25) is 10.1 Å². The summed E-state index contributed by atoms with van der Waals surface area (Å²) in [5.74, 6) is 0. The molecule has 5 nitrogen and oxygen atoms in total. The van der Waals surface area contributed by atoms with Crippen molar-refractivity contribution in [2.75, 3.05) is 26.0 Å². The predicted octanol–water partition coefficient (Wildman–Crippen LogP) is 3.00. The van der Waals surface area contributed by atoms with E-state index in [-0.39, 0.29) is 11.7 Å². The van der Waals surface area contributed by atoms with Crippen LogP contribution in [0.1, 0.15) is 13.3 Å². The molecular weight excluding hydrogens is 254 g/mol. The maximum atomic E-state index is 10.9. The van der Waals surface area contributed by atoms with Crippen molar-refractivity contribution < 1.29 is 4.92 Å². The zero-order valence-corrected chi connectivity index (χ0v) is 11.6. The normalized spacial score (nSPS) is 12.5. The van der Waals surface area contributed by atoms with Crippen LogP contribution in [0, 0.1) is 10.1 Å². The van der Waals surface area contributed by atoms with E-state index in [1.54, 1.807) is 6.07 Å². The molecule has 0 amide bonds. The molecule has 0 saturated heterocycles. The Bertz CT molecular complexity index is 424. The van der Waals surface area contributed by atoms with Gasteiger partial charge in [0.1, 0.15) is 5.69 Å². The fourth-order valence-corrected chi connectivity index (χ4v) is 1.74. The van der Waals surface area contributed by atoms with Gasteiger partial charge in [0.05, 0.1) is 4.92 Å². The second-order valence-electron chi connectivity index (χ2n) is 4.56. The number of nitro groups is 1. The van der Waals surface area contributed by atoms with Crippen molar-refractivity contribution >= 4 is 23.0 Å². The summed E-state index contributed by atoms with van der Waals surface area (Å²) in [5, 5.41) is 14.5. The zero-order chi connectivity index (χ0) is 13.7. The van der Waals surface area contributed by atoms with Gasteiger partial charge in [0, 0.05) is 17.1 Å². The third-order valence-corrected chi connectivity index (χ3v) is 2.80. The van der Waals surface area contributed by atoms with Crippen LogP contribution in [0.4, 0.5) is 11.4 Å². The third kappa shape index (κ3) is 4.50. The lowest BCUT2D eigenvalue weighted by Gasteiger charge is -2.17. The van der Waals surface area contributed by atoms with Crippen molar-refractivity contribution in [1.82, 2.24) is 4.90 Å². The molecule has 0 radical (unpaired) electrons. The van der Waals surface area contributed by atoms with Gasteiger partial charge < -0.3 is 10.2 Å². The van der Waals surface area contributed by atoms with Gasteiger partial charge in [0.2, 0.25) is 0 Å². The summed E-state index contributed by atoms with van der Waals surface area (Å²) in [6.45, 7) is 2.91. The minimum absolute atomic E-state index is 0.0519. The quantitative estimate of drug-likeness (QED) is 0.638. The molecule has 18 heavy (non-hydrogen) atoms. The fraction of sp³-hybridized carbons (Fsp3) is 0.500.